The van der Waals surface area contributed by atoms with Crippen molar-refractivity contribution < 1.29 is 23.9 Å². The maximum absolute atomic E-state index is 12.9. The summed E-state index contributed by atoms with van der Waals surface area (Å²) in [5.41, 5.74) is 2.59. The summed E-state index contributed by atoms with van der Waals surface area (Å²) in [6, 6.07) is 13.0. The predicted octanol–water partition coefficient (Wildman–Crippen LogP) is 4.69. The van der Waals surface area contributed by atoms with Crippen LogP contribution in [0.2, 0.25) is 0 Å². The van der Waals surface area contributed by atoms with Crippen LogP contribution < -0.4 is 25.4 Å². The molecule has 0 saturated heterocycles. The largest absolute Gasteiger partial charge is 0.493 e. The maximum Gasteiger partial charge on any atom is 0.323 e. The number of benzene rings is 2. The number of aromatic nitrogens is 1. The van der Waals surface area contributed by atoms with Crippen LogP contribution >= 0.6 is 0 Å². The molecule has 0 aliphatic heterocycles. The van der Waals surface area contributed by atoms with Crippen LogP contribution in [0.4, 0.5) is 21.9 Å². The lowest BCUT2D eigenvalue weighted by Gasteiger charge is -2.17. The second-order valence-electron chi connectivity index (χ2n) is 7.46. The smallest absolute Gasteiger partial charge is 0.323 e. The molecule has 1 unspecified atom stereocenters. The van der Waals surface area contributed by atoms with E-state index >= 15 is 0 Å². The molecule has 9 nitrogen and oxygen atoms in total. The minimum atomic E-state index is -0.521. The number of ether oxygens (including phenoxy) is 2. The number of anilines is 3. The van der Waals surface area contributed by atoms with Gasteiger partial charge in [-0.25, -0.2) is 4.79 Å². The van der Waals surface area contributed by atoms with Crippen molar-refractivity contribution in [3.05, 3.63) is 72.1 Å². The molecule has 0 fully saturated rings. The summed E-state index contributed by atoms with van der Waals surface area (Å²) in [5.74, 6) is -0.242. The first-order valence-corrected chi connectivity index (χ1v) is 10.5. The van der Waals surface area contributed by atoms with E-state index in [0.29, 0.717) is 34.1 Å². The minimum Gasteiger partial charge on any atom is -0.493 e. The molecule has 0 spiro atoms. The Morgan fingerprint density at radius 1 is 0.824 bits per heavy atom. The highest BCUT2D eigenvalue weighted by Gasteiger charge is 2.20. The summed E-state index contributed by atoms with van der Waals surface area (Å²) in [6.07, 6.45) is 3.16. The predicted molar refractivity (Wildman–Crippen MR) is 130 cm³/mol. The average molecular weight is 463 g/mol. The highest BCUT2D eigenvalue weighted by atomic mass is 16.5. The first-order valence-electron chi connectivity index (χ1n) is 10.5. The fraction of sp³-hybridized carbons (Fsp3) is 0.200. The van der Waals surface area contributed by atoms with Crippen molar-refractivity contribution in [1.29, 1.82) is 0 Å². The second kappa shape index (κ2) is 11.0. The Labute approximate surface area is 197 Å². The number of nitrogens with one attached hydrogen (secondary N) is 3. The van der Waals surface area contributed by atoms with Gasteiger partial charge in [-0.3, -0.25) is 14.6 Å². The van der Waals surface area contributed by atoms with E-state index in [9.17, 15) is 14.4 Å². The van der Waals surface area contributed by atoms with Crippen molar-refractivity contribution in [3.63, 3.8) is 0 Å². The quantitative estimate of drug-likeness (QED) is 0.418. The number of hydrogen-bond acceptors (Lipinski definition) is 6. The van der Waals surface area contributed by atoms with Gasteiger partial charge in [0.2, 0.25) is 5.91 Å². The third-order valence-electron chi connectivity index (χ3n) is 5.16. The minimum absolute atomic E-state index is 0.218. The van der Waals surface area contributed by atoms with E-state index in [1.54, 1.807) is 67.8 Å². The molecule has 2 aromatic carbocycles. The molecule has 34 heavy (non-hydrogen) atoms. The Hall–Kier alpha value is -4.40. The number of pyridine rings is 1. The number of urea groups is 1. The normalized spacial score (nSPS) is 11.2. The van der Waals surface area contributed by atoms with E-state index < -0.39 is 11.9 Å². The Morgan fingerprint density at radius 2 is 1.38 bits per heavy atom. The summed E-state index contributed by atoms with van der Waals surface area (Å²) in [6.45, 7) is 3.17. The molecular formula is C25H26N4O5. The van der Waals surface area contributed by atoms with Crippen LogP contribution in [0.1, 0.15) is 35.7 Å². The Balaban J connectivity index is 1.69. The summed E-state index contributed by atoms with van der Waals surface area (Å²) in [5, 5.41) is 8.25. The van der Waals surface area contributed by atoms with Gasteiger partial charge in [0.25, 0.3) is 0 Å². The van der Waals surface area contributed by atoms with Gasteiger partial charge >= 0.3 is 6.03 Å². The third-order valence-corrected chi connectivity index (χ3v) is 5.16. The molecule has 0 bridgehead atoms. The number of Topliss-reactive ketones (excluding diaryl/α,β-unsaturated/α-hetero) is 1. The molecule has 1 heterocycles. The van der Waals surface area contributed by atoms with Gasteiger partial charge in [-0.15, -0.1) is 0 Å². The highest BCUT2D eigenvalue weighted by molar-refractivity contribution is 6.06. The number of rotatable bonds is 8. The summed E-state index contributed by atoms with van der Waals surface area (Å²) < 4.78 is 10.5. The standard InChI is InChI=1S/C25H26N4O5/c1-15(24(31)29-21-14-23(34-4)22(33-3)13-20(21)16(2)30)17-5-7-18(8-6-17)27-25(32)28-19-9-11-26-12-10-19/h5-15H,1-4H3,(H,29,31)(H2,26,27,28,32). The lowest BCUT2D eigenvalue weighted by molar-refractivity contribution is -0.117. The maximum atomic E-state index is 12.9. The zero-order chi connectivity index (χ0) is 24.7. The van der Waals surface area contributed by atoms with E-state index in [0.717, 1.165) is 5.56 Å². The second-order valence-corrected chi connectivity index (χ2v) is 7.46. The topological polar surface area (TPSA) is 119 Å². The fourth-order valence-corrected chi connectivity index (χ4v) is 3.25. The van der Waals surface area contributed by atoms with Crippen LogP contribution in [0.5, 0.6) is 11.5 Å². The first-order chi connectivity index (χ1) is 16.3. The number of carbonyl (C=O) groups excluding carboxylic acids is 3. The van der Waals surface area contributed by atoms with Crippen molar-refractivity contribution in [3.8, 4) is 11.5 Å². The van der Waals surface area contributed by atoms with Gasteiger partial charge in [-0.05, 0) is 49.7 Å². The van der Waals surface area contributed by atoms with Crippen molar-refractivity contribution in [1.82, 2.24) is 4.98 Å². The molecule has 3 N–H and O–H groups in total. The van der Waals surface area contributed by atoms with E-state index in [-0.39, 0.29) is 11.7 Å². The van der Waals surface area contributed by atoms with Crippen LogP contribution in [-0.2, 0) is 4.79 Å². The van der Waals surface area contributed by atoms with E-state index in [2.05, 4.69) is 20.9 Å². The van der Waals surface area contributed by atoms with Gasteiger partial charge in [0, 0.05) is 35.4 Å². The van der Waals surface area contributed by atoms with Gasteiger partial charge in [-0.2, -0.15) is 0 Å². The van der Waals surface area contributed by atoms with E-state index in [1.807, 2.05) is 0 Å². The van der Waals surface area contributed by atoms with Crippen LogP contribution in [-0.4, -0.2) is 36.9 Å². The monoisotopic (exact) mass is 462 g/mol. The molecule has 3 rings (SSSR count). The van der Waals surface area contributed by atoms with Crippen molar-refractivity contribution in [2.45, 2.75) is 19.8 Å². The summed E-state index contributed by atoms with van der Waals surface area (Å²) >= 11 is 0. The van der Waals surface area contributed by atoms with E-state index in [4.69, 9.17) is 9.47 Å². The zero-order valence-corrected chi connectivity index (χ0v) is 19.3. The molecule has 9 heteroatoms. The SMILES string of the molecule is COc1cc(NC(=O)C(C)c2ccc(NC(=O)Nc3ccncc3)cc2)c(C(C)=O)cc1OC. The van der Waals surface area contributed by atoms with Crippen molar-refractivity contribution >= 4 is 34.8 Å². The lowest BCUT2D eigenvalue weighted by Crippen LogP contribution is -2.21. The van der Waals surface area contributed by atoms with Crippen LogP contribution in [0.15, 0.2) is 60.9 Å². The number of ketones is 1. The van der Waals surface area contributed by atoms with Gasteiger partial charge in [0.15, 0.2) is 17.3 Å². The van der Waals surface area contributed by atoms with Crippen molar-refractivity contribution in [2.24, 2.45) is 0 Å². The van der Waals surface area contributed by atoms with Crippen LogP contribution in [0.25, 0.3) is 0 Å². The van der Waals surface area contributed by atoms with Gasteiger partial charge in [-0.1, -0.05) is 12.1 Å². The van der Waals surface area contributed by atoms with Gasteiger partial charge in [0.1, 0.15) is 0 Å². The number of methoxy groups -OCH3 is 2. The highest BCUT2D eigenvalue weighted by Crippen LogP contribution is 2.34. The van der Waals surface area contributed by atoms with Gasteiger partial charge in [0.05, 0.1) is 25.8 Å². The Bertz CT molecular complexity index is 1180. The Morgan fingerprint density at radius 3 is 1.94 bits per heavy atom. The molecule has 1 atom stereocenters. The zero-order valence-electron chi connectivity index (χ0n) is 19.3. The summed E-state index contributed by atoms with van der Waals surface area (Å²) in [7, 11) is 2.95. The van der Waals surface area contributed by atoms with Crippen LogP contribution in [0, 0.1) is 0 Å². The average Bonchev–Trinajstić information content (AvgIpc) is 2.84. The third kappa shape index (κ3) is 5.89. The number of amides is 3. The fourth-order valence-electron chi connectivity index (χ4n) is 3.25. The Kier molecular flexibility index (Phi) is 7.81. The molecular weight excluding hydrogens is 436 g/mol. The molecule has 0 radical (unpaired) electrons. The lowest BCUT2D eigenvalue weighted by atomic mass is 9.99. The molecule has 3 amide bonds. The number of nitrogens with zero attached hydrogens (tertiary/aromatic N) is 1. The van der Waals surface area contributed by atoms with Crippen LogP contribution in [0.3, 0.4) is 0 Å². The van der Waals surface area contributed by atoms with Gasteiger partial charge < -0.3 is 25.4 Å². The van der Waals surface area contributed by atoms with Crippen molar-refractivity contribution in [2.75, 3.05) is 30.2 Å². The molecule has 1 aromatic heterocycles. The van der Waals surface area contributed by atoms with E-state index in [1.165, 1.54) is 21.1 Å². The molecule has 176 valence electrons. The summed E-state index contributed by atoms with van der Waals surface area (Å²) in [4.78, 5) is 41.1. The number of carbonyl (C=O) groups is 3. The number of hydrogen-bond donors (Lipinski definition) is 3. The first kappa shape index (κ1) is 24.2. The molecule has 0 aliphatic rings. The molecule has 0 aliphatic carbocycles. The molecule has 3 aromatic rings. The molecule has 0 saturated carbocycles.